The molecule has 4 heterocycles. The number of unbranched alkanes of at least 4 members (excludes halogenated alkanes) is 1. The third-order valence-corrected chi connectivity index (χ3v) is 17.2. The maximum atomic E-state index is 14.3. The third-order valence-electron chi connectivity index (χ3n) is 17.2. The Balaban J connectivity index is 1.08. The van der Waals surface area contributed by atoms with Crippen molar-refractivity contribution < 1.29 is 44.2 Å². The molecule has 414 valence electrons. The zero-order valence-electron chi connectivity index (χ0n) is 46.0. The van der Waals surface area contributed by atoms with Crippen LogP contribution in [0.15, 0.2) is 113 Å². The van der Waals surface area contributed by atoms with E-state index in [2.05, 4.69) is 77.8 Å². The number of aliphatic hydroxyl groups is 3. The molecule has 4 aliphatic heterocycles. The molecule has 0 radical (unpaired) electrons. The lowest BCUT2D eigenvalue weighted by atomic mass is 9.73. The smallest absolute Gasteiger partial charge is 0.192 e. The summed E-state index contributed by atoms with van der Waals surface area (Å²) in [5.74, 6) is 4.57. The minimum atomic E-state index is -1.89. The number of carbonyl (C=O) groups is 1. The molecule has 0 amide bonds. The number of guanidine groups is 1. The Hall–Kier alpha value is -7.04. The second kappa shape index (κ2) is 25.4. The van der Waals surface area contributed by atoms with Crippen molar-refractivity contribution in [3.8, 4) is 29.3 Å². The summed E-state index contributed by atoms with van der Waals surface area (Å²) >= 11 is 0. The van der Waals surface area contributed by atoms with Gasteiger partial charge in [-0.25, -0.2) is 0 Å². The van der Waals surface area contributed by atoms with Crippen LogP contribution in [0.1, 0.15) is 158 Å². The number of hydrogen-bond donors (Lipinski definition) is 6. The number of Topliss-reactive ketones (excluding diaryl/α,β-unsaturated/α-hetero) is 1. The number of allylic oxidation sites excluding steroid dienone is 4. The molecular formula is C67H77N3O9. The predicted octanol–water partition coefficient (Wildman–Crippen LogP) is 12.7. The van der Waals surface area contributed by atoms with Crippen LogP contribution >= 0.6 is 0 Å². The number of aliphatic hydroxyl groups excluding tert-OH is 2. The van der Waals surface area contributed by atoms with E-state index in [-0.39, 0.29) is 66.0 Å². The minimum Gasteiger partial charge on any atom is -0.508 e. The van der Waals surface area contributed by atoms with Gasteiger partial charge < -0.3 is 50.4 Å². The monoisotopic (exact) mass is 1070 g/mol. The van der Waals surface area contributed by atoms with Crippen LogP contribution < -0.4 is 20.5 Å². The minimum absolute atomic E-state index is 0.0178. The van der Waals surface area contributed by atoms with E-state index in [1.165, 1.54) is 31.2 Å². The molecule has 6 atom stereocenters. The molecule has 5 aromatic rings. The lowest BCUT2D eigenvalue weighted by Gasteiger charge is -2.31. The lowest BCUT2D eigenvalue weighted by molar-refractivity contribution is -0.121. The number of nitrogens with zero attached hydrogens (tertiary/aromatic N) is 1. The number of aryl methyl sites for hydroxylation is 2. The van der Waals surface area contributed by atoms with Crippen LogP contribution in [0.25, 0.3) is 16.8 Å². The Labute approximate surface area is 465 Å². The van der Waals surface area contributed by atoms with E-state index in [0.717, 1.165) is 83.2 Å². The van der Waals surface area contributed by atoms with Gasteiger partial charge in [0.2, 0.25) is 0 Å². The summed E-state index contributed by atoms with van der Waals surface area (Å²) in [4.78, 5) is 18.3. The summed E-state index contributed by atoms with van der Waals surface area (Å²) in [6.07, 6.45) is 20.6. The van der Waals surface area contributed by atoms with Gasteiger partial charge in [-0.3, -0.25) is 9.79 Å². The quantitative estimate of drug-likeness (QED) is 0.0204. The Bertz CT molecular complexity index is 3210. The molecule has 0 spiro atoms. The molecule has 10 bridgehead atoms. The Morgan fingerprint density at radius 2 is 1.76 bits per heavy atom. The van der Waals surface area contributed by atoms with Crippen LogP contribution in [0, 0.1) is 29.8 Å². The second-order valence-corrected chi connectivity index (χ2v) is 22.5. The summed E-state index contributed by atoms with van der Waals surface area (Å²) < 4.78 is 25.4. The highest BCUT2D eigenvalue weighted by Gasteiger charge is 2.35. The zero-order valence-corrected chi connectivity index (χ0v) is 46.0. The molecular weight excluding hydrogens is 991 g/mol. The average Bonchev–Trinajstić information content (AvgIpc) is 4.02. The van der Waals surface area contributed by atoms with Crippen LogP contribution in [-0.4, -0.2) is 65.6 Å². The van der Waals surface area contributed by atoms with Gasteiger partial charge in [0, 0.05) is 60.7 Å². The van der Waals surface area contributed by atoms with Crippen LogP contribution in [-0.2, 0) is 40.1 Å². The largest absolute Gasteiger partial charge is 0.508 e. The number of phenolic OH excluding ortho intramolecular Hbond substituents is 1. The van der Waals surface area contributed by atoms with E-state index in [9.17, 15) is 25.2 Å². The van der Waals surface area contributed by atoms with Crippen LogP contribution in [0.2, 0.25) is 0 Å². The third kappa shape index (κ3) is 13.0. The first-order valence-corrected chi connectivity index (χ1v) is 28.7. The van der Waals surface area contributed by atoms with E-state index in [4.69, 9.17) is 24.7 Å². The molecule has 79 heavy (non-hydrogen) atoms. The molecule has 3 aliphatic carbocycles. The van der Waals surface area contributed by atoms with Crippen molar-refractivity contribution in [3.63, 3.8) is 0 Å². The number of phenols is 1. The molecule has 0 saturated heterocycles. The van der Waals surface area contributed by atoms with Crippen LogP contribution in [0.3, 0.4) is 0 Å². The number of carbonyl (C=O) groups excluding carboxylic acids is 1. The van der Waals surface area contributed by atoms with Crippen molar-refractivity contribution in [2.45, 2.75) is 140 Å². The first-order chi connectivity index (χ1) is 38.4. The standard InChI is InChI=1S/C67H77N3O9/c1-41-18-23-54-59-40-79-63-32-44(20-25-62(63)76-3)19-22-51(71)36-52-34-49-35-60(72)48(33-46(49)15-7-6-10-42-14-9-17-50(31-42)70-67(68)69-2)21-24-53(47-16-8-13-43(30-47)26-28-77-39-45-11-4-5-12-45)55(27-29-78-52)65-58(37-57(59)66(74)75)64(54)56(41)38-61(65)73/h8-9,13-14,16-18,20,23,25,30-33,35,37-38,41,45-46,49,52-53,55,66,72-75H,4-7,10-12,15,19,21-22,24,26,28,34,36,39-40H2,1-3H3,(H3,68,69,70)/t41-,46+,49-,52-,53+,55+/m0/s1. The predicted molar refractivity (Wildman–Crippen MR) is 311 cm³/mol. The summed E-state index contributed by atoms with van der Waals surface area (Å²) in [5.41, 5.74) is 15.0. The van der Waals surface area contributed by atoms with E-state index in [0.29, 0.717) is 72.2 Å². The molecule has 12 rings (SSSR count). The van der Waals surface area contributed by atoms with Crippen molar-refractivity contribution in [1.29, 1.82) is 0 Å². The number of hydrogen-bond acceptors (Lipinski definition) is 10. The molecule has 12 nitrogen and oxygen atoms in total. The van der Waals surface area contributed by atoms with Crippen molar-refractivity contribution >= 4 is 34.3 Å². The topological polar surface area (TPSA) is 185 Å². The number of nitrogens with two attached hydrogens (primary N) is 1. The number of rotatable bonds is 14. The maximum absolute atomic E-state index is 14.3. The van der Waals surface area contributed by atoms with Crippen LogP contribution in [0.5, 0.6) is 17.2 Å². The van der Waals surface area contributed by atoms with Gasteiger partial charge in [-0.15, -0.1) is 0 Å². The lowest BCUT2D eigenvalue weighted by Crippen LogP contribution is -2.25. The number of anilines is 1. The fraction of sp³-hybridized carbons (Fsp3) is 0.433. The highest BCUT2D eigenvalue weighted by Crippen LogP contribution is 2.50. The van der Waals surface area contributed by atoms with Gasteiger partial charge in [0.15, 0.2) is 23.7 Å². The fourth-order valence-electron chi connectivity index (χ4n) is 12.9. The number of ether oxygens (including phenoxy) is 4. The number of benzene rings is 5. The summed E-state index contributed by atoms with van der Waals surface area (Å²) in [7, 11) is 3.23. The van der Waals surface area contributed by atoms with Gasteiger partial charge in [0.05, 0.1) is 19.6 Å². The fourth-order valence-corrected chi connectivity index (χ4v) is 12.9. The van der Waals surface area contributed by atoms with E-state index in [1.807, 2.05) is 48.6 Å². The van der Waals surface area contributed by atoms with Crippen LogP contribution in [0.4, 0.5) is 5.69 Å². The second-order valence-electron chi connectivity index (χ2n) is 22.5. The van der Waals surface area contributed by atoms with Gasteiger partial charge >= 0.3 is 0 Å². The molecule has 0 aromatic heterocycles. The molecule has 7 aliphatic rings. The number of ketones is 1. The molecule has 7 N–H and O–H groups in total. The summed E-state index contributed by atoms with van der Waals surface area (Å²) in [6, 6.07) is 26.1. The molecule has 12 heteroatoms. The summed E-state index contributed by atoms with van der Waals surface area (Å²) in [6.45, 7) is 3.44. The number of fused-ring (bicyclic) bond motifs is 8. The summed E-state index contributed by atoms with van der Waals surface area (Å²) in [5, 5.41) is 52.2. The SMILES string of the molecule is CN=C(N)Nc1cccc(CCCC[C@@H]2C=C3CC[C@H](c4cccc(CCOCC5CCCC5)c4)[C@H]4C#CO[C@H](CC(=O)CCc5ccc(OC)c(c5)OCc5c(C(O)O)cc6c4c(O)cc4c6c5C=C[C@@H]4C)C[C@H]2C=C3O)c1. The first kappa shape index (κ1) is 55.3. The maximum Gasteiger partial charge on any atom is 0.192 e. The van der Waals surface area contributed by atoms with Crippen molar-refractivity contribution in [2.24, 2.45) is 28.5 Å². The van der Waals surface area contributed by atoms with Gasteiger partial charge in [-0.1, -0.05) is 92.8 Å². The number of nitrogens with one attached hydrogen (secondary N) is 1. The Morgan fingerprint density at radius 3 is 2.57 bits per heavy atom. The van der Waals surface area contributed by atoms with Gasteiger partial charge in [-0.05, 0) is 174 Å². The Kier molecular flexibility index (Phi) is 17.8. The normalized spacial score (nSPS) is 22.5. The number of aliphatic imine (C=N–C) groups is 1. The Morgan fingerprint density at radius 1 is 0.937 bits per heavy atom. The van der Waals surface area contributed by atoms with Crippen molar-refractivity contribution in [3.05, 3.63) is 158 Å². The van der Waals surface area contributed by atoms with Crippen molar-refractivity contribution in [2.75, 3.05) is 32.7 Å². The highest BCUT2D eigenvalue weighted by atomic mass is 16.5. The molecule has 5 aromatic carbocycles. The van der Waals surface area contributed by atoms with Crippen molar-refractivity contribution in [1.82, 2.24) is 0 Å². The van der Waals surface area contributed by atoms with Gasteiger partial charge in [0.25, 0.3) is 0 Å². The first-order valence-electron chi connectivity index (χ1n) is 28.7. The number of aromatic hydroxyl groups is 1. The molecule has 0 unspecified atom stereocenters. The molecule has 1 saturated carbocycles. The van der Waals surface area contributed by atoms with Gasteiger partial charge in [0.1, 0.15) is 36.1 Å². The highest BCUT2D eigenvalue weighted by molar-refractivity contribution is 6.01. The number of methoxy groups -OCH3 is 1. The van der Waals surface area contributed by atoms with E-state index >= 15 is 0 Å². The van der Waals surface area contributed by atoms with E-state index < -0.39 is 18.3 Å². The van der Waals surface area contributed by atoms with Gasteiger partial charge in [-0.2, -0.15) is 0 Å². The average molecular weight is 1070 g/mol. The zero-order chi connectivity index (χ0) is 55.0. The molecule has 1 fully saturated rings. The van der Waals surface area contributed by atoms with E-state index in [1.54, 1.807) is 20.2 Å².